The summed E-state index contributed by atoms with van der Waals surface area (Å²) in [4.78, 5) is 3.87. The summed E-state index contributed by atoms with van der Waals surface area (Å²) in [7, 11) is 1.87. The summed E-state index contributed by atoms with van der Waals surface area (Å²) in [5.74, 6) is 0. The standard InChI is InChI=1S/C4H6N2S2/c1-6-2-5-3(7)4(6)8/h2,7-8H,1H3. The fourth-order valence-electron chi connectivity index (χ4n) is 0.411. The van der Waals surface area contributed by atoms with Crippen LogP contribution in [0.2, 0.25) is 0 Å². The van der Waals surface area contributed by atoms with Crippen LogP contribution in [0.1, 0.15) is 0 Å². The average Bonchev–Trinajstić information content (AvgIpc) is 1.98. The highest BCUT2D eigenvalue weighted by atomic mass is 32.1. The van der Waals surface area contributed by atoms with Crippen molar-refractivity contribution in [3.8, 4) is 0 Å². The average molecular weight is 146 g/mol. The van der Waals surface area contributed by atoms with Gasteiger partial charge in [0.1, 0.15) is 10.1 Å². The van der Waals surface area contributed by atoms with Crippen LogP contribution in [0.15, 0.2) is 16.4 Å². The van der Waals surface area contributed by atoms with Gasteiger partial charge in [-0.25, -0.2) is 4.98 Å². The van der Waals surface area contributed by atoms with Crippen molar-refractivity contribution in [1.82, 2.24) is 9.55 Å². The first-order valence-electron chi connectivity index (χ1n) is 2.11. The fourth-order valence-corrected chi connectivity index (χ4v) is 0.730. The molecule has 0 N–H and O–H groups in total. The van der Waals surface area contributed by atoms with Crippen LogP contribution in [0, 0.1) is 0 Å². The third-order valence-electron chi connectivity index (χ3n) is 0.887. The Bertz CT molecular complexity index is 174. The van der Waals surface area contributed by atoms with Gasteiger partial charge in [-0.3, -0.25) is 0 Å². The zero-order chi connectivity index (χ0) is 6.15. The Morgan fingerprint density at radius 1 is 1.62 bits per heavy atom. The predicted octanol–water partition coefficient (Wildman–Crippen LogP) is 0.997. The van der Waals surface area contributed by atoms with Crippen molar-refractivity contribution in [1.29, 1.82) is 0 Å². The largest absolute Gasteiger partial charge is 0.328 e. The minimum absolute atomic E-state index is 0.677. The number of nitrogens with zero attached hydrogens (tertiary/aromatic N) is 2. The lowest BCUT2D eigenvalue weighted by atomic mass is 10.9. The second kappa shape index (κ2) is 2.03. The molecular formula is C4H6N2S2. The van der Waals surface area contributed by atoms with E-state index < -0.39 is 0 Å². The van der Waals surface area contributed by atoms with Crippen molar-refractivity contribution in [2.24, 2.45) is 7.05 Å². The lowest BCUT2D eigenvalue weighted by molar-refractivity contribution is 0.812. The molecule has 0 radical (unpaired) electrons. The van der Waals surface area contributed by atoms with Gasteiger partial charge < -0.3 is 4.57 Å². The zero-order valence-corrected chi connectivity index (χ0v) is 6.16. The topological polar surface area (TPSA) is 17.8 Å². The highest BCUT2D eigenvalue weighted by molar-refractivity contribution is 7.83. The van der Waals surface area contributed by atoms with Crippen LogP contribution in [0.5, 0.6) is 0 Å². The molecule has 0 unspecified atom stereocenters. The van der Waals surface area contributed by atoms with Crippen LogP contribution in [0.4, 0.5) is 0 Å². The van der Waals surface area contributed by atoms with Gasteiger partial charge in [-0.05, 0) is 0 Å². The Kier molecular flexibility index (Phi) is 1.53. The molecule has 44 valence electrons. The van der Waals surface area contributed by atoms with Crippen LogP contribution in [0.3, 0.4) is 0 Å². The molecule has 0 fully saturated rings. The van der Waals surface area contributed by atoms with E-state index in [9.17, 15) is 0 Å². The highest BCUT2D eigenvalue weighted by Crippen LogP contribution is 2.13. The van der Waals surface area contributed by atoms with Gasteiger partial charge in [-0.1, -0.05) is 0 Å². The van der Waals surface area contributed by atoms with Crippen LogP contribution >= 0.6 is 25.3 Å². The van der Waals surface area contributed by atoms with Crippen molar-refractivity contribution in [2.45, 2.75) is 10.1 Å². The quantitative estimate of drug-likeness (QED) is 0.522. The minimum atomic E-state index is 0.677. The molecule has 0 amide bonds. The molecule has 1 aromatic heterocycles. The number of aryl methyl sites for hydroxylation is 1. The molecule has 0 atom stereocenters. The minimum Gasteiger partial charge on any atom is -0.328 e. The number of rotatable bonds is 0. The molecule has 1 rings (SSSR count). The van der Waals surface area contributed by atoms with Crippen molar-refractivity contribution >= 4 is 25.3 Å². The first-order chi connectivity index (χ1) is 3.72. The zero-order valence-electron chi connectivity index (χ0n) is 4.37. The van der Waals surface area contributed by atoms with E-state index >= 15 is 0 Å². The normalized spacial score (nSPS) is 9.88. The Hall–Kier alpha value is -0.0900. The fraction of sp³-hybridized carbons (Fsp3) is 0.250. The maximum absolute atomic E-state index is 4.09. The summed E-state index contributed by atoms with van der Waals surface area (Å²) in [5, 5.41) is 1.48. The second-order valence-electron chi connectivity index (χ2n) is 1.50. The van der Waals surface area contributed by atoms with Crippen molar-refractivity contribution < 1.29 is 0 Å². The highest BCUT2D eigenvalue weighted by Gasteiger charge is 1.96. The third kappa shape index (κ3) is 0.855. The van der Waals surface area contributed by atoms with Crippen LogP contribution < -0.4 is 0 Å². The van der Waals surface area contributed by atoms with Crippen molar-refractivity contribution in [3.05, 3.63) is 6.33 Å². The Balaban J connectivity index is 3.19. The van der Waals surface area contributed by atoms with Gasteiger partial charge in [-0.2, -0.15) is 0 Å². The monoisotopic (exact) mass is 146 g/mol. The molecule has 4 heteroatoms. The number of imidazole rings is 1. The predicted molar refractivity (Wildman–Crippen MR) is 37.7 cm³/mol. The molecule has 1 aromatic rings. The van der Waals surface area contributed by atoms with Gasteiger partial charge in [0.15, 0.2) is 0 Å². The molecule has 0 bridgehead atoms. The number of hydrogen-bond acceptors (Lipinski definition) is 3. The first kappa shape index (κ1) is 6.04. The van der Waals surface area contributed by atoms with E-state index in [1.165, 1.54) is 0 Å². The van der Waals surface area contributed by atoms with Gasteiger partial charge >= 0.3 is 0 Å². The second-order valence-corrected chi connectivity index (χ2v) is 2.35. The maximum Gasteiger partial charge on any atom is 0.125 e. The smallest absolute Gasteiger partial charge is 0.125 e. The summed E-state index contributed by atoms with van der Waals surface area (Å²) in [6, 6.07) is 0. The molecule has 0 aliphatic rings. The molecule has 8 heavy (non-hydrogen) atoms. The third-order valence-corrected chi connectivity index (χ3v) is 1.92. The lowest BCUT2D eigenvalue weighted by Gasteiger charge is -1.89. The van der Waals surface area contributed by atoms with E-state index in [1.807, 2.05) is 7.05 Å². The number of hydrogen-bond donors (Lipinski definition) is 2. The van der Waals surface area contributed by atoms with E-state index in [0.717, 1.165) is 5.03 Å². The molecule has 1 heterocycles. The maximum atomic E-state index is 4.09. The van der Waals surface area contributed by atoms with Crippen molar-refractivity contribution in [2.75, 3.05) is 0 Å². The van der Waals surface area contributed by atoms with Gasteiger partial charge in [0.25, 0.3) is 0 Å². The molecule has 0 saturated heterocycles. The molecule has 0 saturated carbocycles. The number of thiol groups is 2. The lowest BCUT2D eigenvalue weighted by Crippen LogP contribution is -1.82. The van der Waals surface area contributed by atoms with E-state index in [-0.39, 0.29) is 0 Å². The van der Waals surface area contributed by atoms with Gasteiger partial charge in [0.2, 0.25) is 0 Å². The Morgan fingerprint density at radius 2 is 2.25 bits per heavy atom. The van der Waals surface area contributed by atoms with Gasteiger partial charge in [-0.15, -0.1) is 25.3 Å². The van der Waals surface area contributed by atoms with Crippen LogP contribution in [0.25, 0.3) is 0 Å². The van der Waals surface area contributed by atoms with E-state index in [2.05, 4.69) is 30.2 Å². The Morgan fingerprint density at radius 3 is 2.38 bits per heavy atom. The van der Waals surface area contributed by atoms with Crippen molar-refractivity contribution in [3.63, 3.8) is 0 Å². The molecule has 0 spiro atoms. The molecule has 0 aromatic carbocycles. The number of aromatic nitrogens is 2. The summed E-state index contributed by atoms with van der Waals surface area (Å²) in [6.45, 7) is 0. The van der Waals surface area contributed by atoms with Crippen LogP contribution in [-0.4, -0.2) is 9.55 Å². The molecular weight excluding hydrogens is 140 g/mol. The van der Waals surface area contributed by atoms with Crippen LogP contribution in [-0.2, 0) is 7.05 Å². The first-order valence-corrected chi connectivity index (χ1v) is 3.00. The molecule has 0 aliphatic carbocycles. The summed E-state index contributed by atoms with van der Waals surface area (Å²) in [6.07, 6.45) is 1.67. The van der Waals surface area contributed by atoms with Gasteiger partial charge in [0, 0.05) is 7.05 Å². The molecule has 2 nitrogen and oxygen atoms in total. The molecule has 0 aliphatic heterocycles. The summed E-state index contributed by atoms with van der Waals surface area (Å²) < 4.78 is 1.80. The van der Waals surface area contributed by atoms with E-state index in [4.69, 9.17) is 0 Å². The van der Waals surface area contributed by atoms with Gasteiger partial charge in [0.05, 0.1) is 6.33 Å². The SMILES string of the molecule is Cn1cnc(S)c1S. The van der Waals surface area contributed by atoms with E-state index in [1.54, 1.807) is 10.9 Å². The summed E-state index contributed by atoms with van der Waals surface area (Å²) >= 11 is 8.10. The van der Waals surface area contributed by atoms with E-state index in [0.29, 0.717) is 5.03 Å². The summed E-state index contributed by atoms with van der Waals surface area (Å²) in [5.41, 5.74) is 0. The Labute approximate surface area is 58.7 Å².